The van der Waals surface area contributed by atoms with Crippen molar-refractivity contribution in [2.75, 3.05) is 0 Å². The van der Waals surface area contributed by atoms with Gasteiger partial charge >= 0.3 is 0 Å². The van der Waals surface area contributed by atoms with Crippen molar-refractivity contribution in [3.8, 4) is 28.6 Å². The van der Waals surface area contributed by atoms with Crippen LogP contribution in [0.25, 0.3) is 33.5 Å². The Hall–Kier alpha value is -3.56. The summed E-state index contributed by atoms with van der Waals surface area (Å²) in [4.78, 5) is 9.86. The van der Waals surface area contributed by atoms with Crippen LogP contribution < -0.4 is 0 Å². The first-order valence-electron chi connectivity index (χ1n) is 12.1. The van der Waals surface area contributed by atoms with E-state index in [2.05, 4.69) is 53.5 Å². The Balaban J connectivity index is 1.38. The summed E-state index contributed by atoms with van der Waals surface area (Å²) in [5.74, 6) is 0.388. The predicted octanol–water partition coefficient (Wildman–Crippen LogP) is 5.57. The Morgan fingerprint density at radius 2 is 1.91 bits per heavy atom. The quantitative estimate of drug-likeness (QED) is 0.426. The normalized spacial score (nSPS) is 22.0. The van der Waals surface area contributed by atoms with Gasteiger partial charge in [0, 0.05) is 28.9 Å². The summed E-state index contributed by atoms with van der Waals surface area (Å²) in [6, 6.07) is 15.0. The average molecular weight is 450 g/mol. The lowest BCUT2D eigenvalue weighted by atomic mass is 9.85. The maximum Gasteiger partial charge on any atom is 0.120 e. The molecule has 0 saturated heterocycles. The SMILES string of the molecule is Cc1cc2[nH]nc(-c3ccc(C4CCC(O)CC4)nc3)c2nc1-c1cccc2c1CCC2C#N. The molecule has 0 radical (unpaired) electrons. The third-order valence-corrected chi connectivity index (χ3v) is 7.58. The third-order valence-electron chi connectivity index (χ3n) is 7.58. The van der Waals surface area contributed by atoms with E-state index in [9.17, 15) is 10.4 Å². The smallest absolute Gasteiger partial charge is 0.120 e. The lowest BCUT2D eigenvalue weighted by Gasteiger charge is -2.24. The lowest BCUT2D eigenvalue weighted by Crippen LogP contribution is -2.17. The number of hydrogen-bond acceptors (Lipinski definition) is 5. The largest absolute Gasteiger partial charge is 0.393 e. The number of aliphatic hydroxyl groups excluding tert-OH is 1. The Labute approximate surface area is 198 Å². The fourth-order valence-electron chi connectivity index (χ4n) is 5.69. The maximum absolute atomic E-state index is 9.79. The molecule has 1 unspecified atom stereocenters. The third kappa shape index (κ3) is 3.48. The maximum atomic E-state index is 9.79. The Morgan fingerprint density at radius 3 is 2.68 bits per heavy atom. The number of aryl methyl sites for hydroxylation is 1. The van der Waals surface area contributed by atoms with Crippen molar-refractivity contribution in [3.63, 3.8) is 0 Å². The first-order chi connectivity index (χ1) is 16.6. The van der Waals surface area contributed by atoms with E-state index in [0.29, 0.717) is 5.92 Å². The molecule has 6 nitrogen and oxygen atoms in total. The number of aromatic nitrogens is 4. The van der Waals surface area contributed by atoms with Crippen molar-refractivity contribution < 1.29 is 5.11 Å². The summed E-state index contributed by atoms with van der Waals surface area (Å²) < 4.78 is 0. The number of pyridine rings is 2. The van der Waals surface area contributed by atoms with Crippen molar-refractivity contribution in [2.45, 2.75) is 63.4 Å². The van der Waals surface area contributed by atoms with Gasteiger partial charge in [0.05, 0.1) is 29.3 Å². The summed E-state index contributed by atoms with van der Waals surface area (Å²) in [6.07, 6.45) is 7.18. The second kappa shape index (κ2) is 8.34. The number of benzene rings is 1. The van der Waals surface area contributed by atoms with E-state index in [4.69, 9.17) is 9.97 Å². The van der Waals surface area contributed by atoms with Gasteiger partial charge in [-0.2, -0.15) is 10.4 Å². The summed E-state index contributed by atoms with van der Waals surface area (Å²) in [5.41, 5.74) is 10.1. The molecule has 1 fully saturated rings. The van der Waals surface area contributed by atoms with Gasteiger partial charge in [-0.05, 0) is 80.3 Å². The van der Waals surface area contributed by atoms with Crippen LogP contribution in [0.3, 0.4) is 0 Å². The predicted molar refractivity (Wildman–Crippen MR) is 131 cm³/mol. The molecule has 1 aromatic carbocycles. The first-order valence-corrected chi connectivity index (χ1v) is 12.1. The van der Waals surface area contributed by atoms with Crippen molar-refractivity contribution in [3.05, 3.63) is 65.0 Å². The summed E-state index contributed by atoms with van der Waals surface area (Å²) in [6.45, 7) is 2.08. The Morgan fingerprint density at radius 1 is 1.06 bits per heavy atom. The standard InChI is InChI=1S/C28H27N5O/c1-16-13-25-28(31-26(16)23-4-2-3-21-18(14-29)7-11-22(21)23)27(33-32-25)19-8-12-24(30-15-19)17-5-9-20(34)10-6-17/h2-4,8,12-13,15,17-18,20,34H,5-7,9-11H2,1H3,(H,32,33). The van der Waals surface area contributed by atoms with E-state index in [1.165, 1.54) is 5.56 Å². The highest BCUT2D eigenvalue weighted by atomic mass is 16.3. The van der Waals surface area contributed by atoms with Crippen LogP contribution in [0.5, 0.6) is 0 Å². The van der Waals surface area contributed by atoms with Gasteiger partial charge < -0.3 is 5.11 Å². The van der Waals surface area contributed by atoms with Gasteiger partial charge in [0.15, 0.2) is 0 Å². The Kier molecular flexibility index (Phi) is 5.15. The number of hydrogen-bond donors (Lipinski definition) is 2. The van der Waals surface area contributed by atoms with E-state index in [1.807, 2.05) is 12.3 Å². The molecule has 3 heterocycles. The van der Waals surface area contributed by atoms with E-state index in [0.717, 1.165) is 88.9 Å². The molecule has 170 valence electrons. The van der Waals surface area contributed by atoms with Crippen LogP contribution in [0.2, 0.25) is 0 Å². The molecule has 1 saturated carbocycles. The number of nitrogens with zero attached hydrogens (tertiary/aromatic N) is 4. The zero-order valence-corrected chi connectivity index (χ0v) is 19.3. The van der Waals surface area contributed by atoms with Crippen molar-refractivity contribution in [2.24, 2.45) is 0 Å². The summed E-state index contributed by atoms with van der Waals surface area (Å²) >= 11 is 0. The lowest BCUT2D eigenvalue weighted by molar-refractivity contribution is 0.122. The molecule has 0 spiro atoms. The van der Waals surface area contributed by atoms with E-state index < -0.39 is 0 Å². The van der Waals surface area contributed by atoms with E-state index >= 15 is 0 Å². The van der Waals surface area contributed by atoms with E-state index in [1.54, 1.807) is 0 Å². The molecule has 0 bridgehead atoms. The van der Waals surface area contributed by atoms with Gasteiger partial charge in [-0.15, -0.1) is 0 Å². The van der Waals surface area contributed by atoms with Crippen LogP contribution >= 0.6 is 0 Å². The van der Waals surface area contributed by atoms with Crippen LogP contribution in [0.1, 0.15) is 66.3 Å². The second-order valence-corrected chi connectivity index (χ2v) is 9.69. The number of aromatic amines is 1. The van der Waals surface area contributed by atoms with Gasteiger partial charge in [-0.25, -0.2) is 4.98 Å². The fourth-order valence-corrected chi connectivity index (χ4v) is 5.69. The highest BCUT2D eigenvalue weighted by Crippen LogP contribution is 2.40. The van der Waals surface area contributed by atoms with Crippen LogP contribution in [-0.4, -0.2) is 31.4 Å². The number of rotatable bonds is 3. The molecular weight excluding hydrogens is 422 g/mol. The van der Waals surface area contributed by atoms with Gasteiger partial charge in [-0.3, -0.25) is 10.1 Å². The summed E-state index contributed by atoms with van der Waals surface area (Å²) in [5, 5.41) is 27.0. The number of nitriles is 1. The highest BCUT2D eigenvalue weighted by Gasteiger charge is 2.26. The minimum Gasteiger partial charge on any atom is -0.393 e. The fraction of sp³-hybridized carbons (Fsp3) is 0.357. The number of nitrogens with one attached hydrogen (secondary N) is 1. The monoisotopic (exact) mass is 449 g/mol. The van der Waals surface area contributed by atoms with Gasteiger partial charge in [0.2, 0.25) is 0 Å². The molecule has 0 aliphatic heterocycles. The zero-order chi connectivity index (χ0) is 23.2. The minimum absolute atomic E-state index is 0.0273. The second-order valence-electron chi connectivity index (χ2n) is 9.69. The van der Waals surface area contributed by atoms with Gasteiger partial charge in [0.25, 0.3) is 0 Å². The molecule has 3 aromatic heterocycles. The van der Waals surface area contributed by atoms with Crippen LogP contribution in [0, 0.1) is 18.3 Å². The van der Waals surface area contributed by atoms with Crippen LogP contribution in [0.15, 0.2) is 42.6 Å². The molecule has 0 amide bonds. The molecular formula is C28H27N5O. The minimum atomic E-state index is -0.161. The molecule has 6 rings (SSSR count). The molecule has 2 aliphatic rings. The topological polar surface area (TPSA) is 98.5 Å². The first kappa shape index (κ1) is 21.0. The molecule has 4 aromatic rings. The van der Waals surface area contributed by atoms with Crippen LogP contribution in [0.4, 0.5) is 0 Å². The summed E-state index contributed by atoms with van der Waals surface area (Å²) in [7, 11) is 0. The molecule has 1 atom stereocenters. The molecule has 2 N–H and O–H groups in total. The number of aliphatic hydroxyl groups is 1. The van der Waals surface area contributed by atoms with Crippen molar-refractivity contribution >= 4 is 11.0 Å². The Bertz CT molecular complexity index is 1410. The zero-order valence-electron chi connectivity index (χ0n) is 19.3. The molecule has 6 heteroatoms. The number of fused-ring (bicyclic) bond motifs is 2. The van der Waals surface area contributed by atoms with Crippen molar-refractivity contribution in [1.82, 2.24) is 20.2 Å². The van der Waals surface area contributed by atoms with Crippen molar-refractivity contribution in [1.29, 1.82) is 5.26 Å². The number of H-pyrrole nitrogens is 1. The highest BCUT2D eigenvalue weighted by molar-refractivity contribution is 5.92. The van der Waals surface area contributed by atoms with E-state index in [-0.39, 0.29) is 12.0 Å². The van der Waals surface area contributed by atoms with Gasteiger partial charge in [0.1, 0.15) is 11.2 Å². The molecule has 34 heavy (non-hydrogen) atoms. The average Bonchev–Trinajstić information content (AvgIpc) is 3.48. The molecule has 2 aliphatic carbocycles. The van der Waals surface area contributed by atoms with Crippen LogP contribution in [-0.2, 0) is 6.42 Å². The van der Waals surface area contributed by atoms with Gasteiger partial charge in [-0.1, -0.05) is 18.2 Å².